The molecular weight excluding hydrogens is 293 g/mol. The van der Waals surface area contributed by atoms with E-state index in [4.69, 9.17) is 16.3 Å². The Morgan fingerprint density at radius 2 is 1.55 bits per heavy atom. The minimum absolute atomic E-state index is 0.262. The van der Waals surface area contributed by atoms with Crippen molar-refractivity contribution in [3.8, 4) is 22.6 Å². The lowest BCUT2D eigenvalue weighted by Crippen LogP contribution is -2.16. The number of hydrogen-bond acceptors (Lipinski definition) is 2. The summed E-state index contributed by atoms with van der Waals surface area (Å²) in [5, 5.41) is 0.466. The fourth-order valence-corrected chi connectivity index (χ4v) is 1.88. The van der Waals surface area contributed by atoms with Gasteiger partial charge in [0.25, 0.3) is 0 Å². The molecule has 0 heterocycles. The third-order valence-electron chi connectivity index (χ3n) is 2.57. The van der Waals surface area contributed by atoms with Crippen LogP contribution in [0.25, 0.3) is 11.1 Å². The molecule has 0 aliphatic carbocycles. The average molecular weight is 303 g/mol. The summed E-state index contributed by atoms with van der Waals surface area (Å²) in [7, 11) is 1.49. The number of hydrogen-bond donors (Lipinski definition) is 0. The van der Waals surface area contributed by atoms with E-state index in [1.807, 2.05) is 0 Å². The van der Waals surface area contributed by atoms with Gasteiger partial charge < -0.3 is 9.47 Å². The van der Waals surface area contributed by atoms with Gasteiger partial charge in [-0.05, 0) is 35.4 Å². The third kappa shape index (κ3) is 3.57. The lowest BCUT2D eigenvalue weighted by atomic mass is 10.1. The van der Waals surface area contributed by atoms with Gasteiger partial charge in [-0.25, -0.2) is 0 Å². The minimum Gasteiger partial charge on any atom is -0.495 e. The second-order valence-corrected chi connectivity index (χ2v) is 4.33. The zero-order valence-electron chi connectivity index (χ0n) is 10.4. The molecule has 106 valence electrons. The Morgan fingerprint density at radius 3 is 2.10 bits per heavy atom. The first-order valence-corrected chi connectivity index (χ1v) is 5.96. The number of ether oxygens (including phenoxy) is 2. The molecule has 0 aliphatic rings. The first kappa shape index (κ1) is 14.5. The lowest BCUT2D eigenvalue weighted by Gasteiger charge is -2.10. The zero-order chi connectivity index (χ0) is 14.8. The van der Waals surface area contributed by atoms with Gasteiger partial charge in [-0.15, -0.1) is 13.2 Å². The Morgan fingerprint density at radius 1 is 0.950 bits per heavy atom. The molecule has 0 amide bonds. The summed E-state index contributed by atoms with van der Waals surface area (Å²) >= 11 is 5.91. The first-order chi connectivity index (χ1) is 9.39. The number of benzene rings is 2. The quantitative estimate of drug-likeness (QED) is 0.801. The van der Waals surface area contributed by atoms with Crippen molar-refractivity contribution in [3.63, 3.8) is 0 Å². The van der Waals surface area contributed by atoms with Crippen molar-refractivity contribution >= 4 is 11.6 Å². The van der Waals surface area contributed by atoms with Gasteiger partial charge in [-0.3, -0.25) is 0 Å². The van der Waals surface area contributed by atoms with E-state index in [2.05, 4.69) is 4.74 Å². The van der Waals surface area contributed by atoms with E-state index >= 15 is 0 Å². The monoisotopic (exact) mass is 302 g/mol. The third-order valence-corrected chi connectivity index (χ3v) is 2.88. The molecule has 0 N–H and O–H groups in total. The Hall–Kier alpha value is -1.88. The van der Waals surface area contributed by atoms with Crippen molar-refractivity contribution in [2.24, 2.45) is 0 Å². The molecule has 0 radical (unpaired) electrons. The molecule has 0 spiro atoms. The number of methoxy groups -OCH3 is 1. The van der Waals surface area contributed by atoms with Crippen LogP contribution in [0.4, 0.5) is 13.2 Å². The molecule has 0 aliphatic heterocycles. The van der Waals surface area contributed by atoms with E-state index in [9.17, 15) is 13.2 Å². The van der Waals surface area contributed by atoms with E-state index in [-0.39, 0.29) is 5.75 Å². The molecule has 0 fully saturated rings. The second kappa shape index (κ2) is 5.63. The molecule has 2 aromatic rings. The van der Waals surface area contributed by atoms with Gasteiger partial charge in [-0.2, -0.15) is 0 Å². The van der Waals surface area contributed by atoms with Crippen LogP contribution >= 0.6 is 11.6 Å². The summed E-state index contributed by atoms with van der Waals surface area (Å²) in [5.74, 6) is 0.238. The van der Waals surface area contributed by atoms with Crippen LogP contribution in [0, 0.1) is 0 Å². The summed E-state index contributed by atoms with van der Waals surface area (Å²) in [5.41, 5.74) is 1.51. The fraction of sp³-hybridized carbons (Fsp3) is 0.143. The van der Waals surface area contributed by atoms with Crippen LogP contribution in [0.2, 0.25) is 5.02 Å². The highest BCUT2D eigenvalue weighted by molar-refractivity contribution is 6.32. The van der Waals surface area contributed by atoms with Crippen molar-refractivity contribution in [2.75, 3.05) is 7.11 Å². The van der Waals surface area contributed by atoms with Crippen LogP contribution in [0.5, 0.6) is 11.5 Å². The number of halogens is 4. The van der Waals surface area contributed by atoms with Crippen LogP contribution in [0.3, 0.4) is 0 Å². The molecule has 0 saturated heterocycles. The van der Waals surface area contributed by atoms with E-state index in [1.54, 1.807) is 18.2 Å². The van der Waals surface area contributed by atoms with Gasteiger partial charge in [0.2, 0.25) is 0 Å². The fourth-order valence-electron chi connectivity index (χ4n) is 1.69. The van der Waals surface area contributed by atoms with E-state index in [0.717, 1.165) is 11.1 Å². The standard InChI is InChI=1S/C14H10ClF3O2/c1-19-13-8-10(4-7-12(13)15)9-2-5-11(6-3-9)20-14(16,17)18/h2-8H,1H3. The molecule has 0 unspecified atom stereocenters. The molecule has 20 heavy (non-hydrogen) atoms. The SMILES string of the molecule is COc1cc(-c2ccc(OC(F)(F)F)cc2)ccc1Cl. The molecule has 0 aromatic heterocycles. The summed E-state index contributed by atoms with van der Waals surface area (Å²) in [4.78, 5) is 0. The zero-order valence-corrected chi connectivity index (χ0v) is 11.1. The van der Waals surface area contributed by atoms with E-state index in [0.29, 0.717) is 10.8 Å². The Kier molecular flexibility index (Phi) is 4.09. The van der Waals surface area contributed by atoms with E-state index in [1.165, 1.54) is 31.4 Å². The van der Waals surface area contributed by atoms with Crippen LogP contribution in [0.15, 0.2) is 42.5 Å². The highest BCUT2D eigenvalue weighted by atomic mass is 35.5. The normalized spacial score (nSPS) is 11.2. The van der Waals surface area contributed by atoms with Gasteiger partial charge in [0.1, 0.15) is 11.5 Å². The van der Waals surface area contributed by atoms with Gasteiger partial charge in [0, 0.05) is 0 Å². The van der Waals surface area contributed by atoms with Gasteiger partial charge in [-0.1, -0.05) is 29.8 Å². The van der Waals surface area contributed by atoms with Crippen LogP contribution in [-0.2, 0) is 0 Å². The molecule has 0 saturated carbocycles. The smallest absolute Gasteiger partial charge is 0.495 e. The number of rotatable bonds is 3. The molecule has 2 rings (SSSR count). The van der Waals surface area contributed by atoms with Crippen molar-refractivity contribution in [1.82, 2.24) is 0 Å². The summed E-state index contributed by atoms with van der Waals surface area (Å²) in [6.45, 7) is 0. The molecule has 6 heteroatoms. The lowest BCUT2D eigenvalue weighted by molar-refractivity contribution is -0.274. The van der Waals surface area contributed by atoms with Crippen LogP contribution in [0.1, 0.15) is 0 Å². The van der Waals surface area contributed by atoms with Gasteiger partial charge in [0.05, 0.1) is 12.1 Å². The topological polar surface area (TPSA) is 18.5 Å². The molecular formula is C14H10ClF3O2. The van der Waals surface area contributed by atoms with E-state index < -0.39 is 6.36 Å². The highest BCUT2D eigenvalue weighted by Crippen LogP contribution is 2.31. The first-order valence-electron chi connectivity index (χ1n) is 5.59. The largest absolute Gasteiger partial charge is 0.573 e. The van der Waals surface area contributed by atoms with Crippen molar-refractivity contribution in [2.45, 2.75) is 6.36 Å². The molecule has 2 nitrogen and oxygen atoms in total. The molecule has 0 atom stereocenters. The van der Waals surface area contributed by atoms with Crippen molar-refractivity contribution in [3.05, 3.63) is 47.5 Å². The summed E-state index contributed by atoms with van der Waals surface area (Å²) in [6, 6.07) is 10.7. The molecule has 2 aromatic carbocycles. The van der Waals surface area contributed by atoms with Crippen LogP contribution < -0.4 is 9.47 Å². The second-order valence-electron chi connectivity index (χ2n) is 3.92. The summed E-state index contributed by atoms with van der Waals surface area (Å²) < 4.78 is 45.1. The maximum absolute atomic E-state index is 12.1. The maximum Gasteiger partial charge on any atom is 0.573 e. The minimum atomic E-state index is -4.69. The highest BCUT2D eigenvalue weighted by Gasteiger charge is 2.30. The Bertz CT molecular complexity index is 594. The maximum atomic E-state index is 12.1. The van der Waals surface area contributed by atoms with Crippen molar-refractivity contribution < 1.29 is 22.6 Å². The number of alkyl halides is 3. The Balaban J connectivity index is 2.26. The Labute approximate surface area is 118 Å². The summed E-state index contributed by atoms with van der Waals surface area (Å²) in [6.07, 6.45) is -4.69. The van der Waals surface area contributed by atoms with Gasteiger partial charge >= 0.3 is 6.36 Å². The van der Waals surface area contributed by atoms with Gasteiger partial charge in [0.15, 0.2) is 0 Å². The van der Waals surface area contributed by atoms with Crippen LogP contribution in [-0.4, -0.2) is 13.5 Å². The average Bonchev–Trinajstić information content (AvgIpc) is 2.38. The predicted octanol–water partition coefficient (Wildman–Crippen LogP) is 4.91. The van der Waals surface area contributed by atoms with Crippen molar-refractivity contribution in [1.29, 1.82) is 0 Å². The predicted molar refractivity (Wildman–Crippen MR) is 70.1 cm³/mol. The molecule has 0 bridgehead atoms.